The summed E-state index contributed by atoms with van der Waals surface area (Å²) in [5.41, 5.74) is 12.1. The van der Waals surface area contributed by atoms with Crippen LogP contribution in [-0.4, -0.2) is 11.7 Å². The summed E-state index contributed by atoms with van der Waals surface area (Å²) in [5, 5.41) is 0. The largest absolute Gasteiger partial charge is 0.457 e. The van der Waals surface area contributed by atoms with Crippen LogP contribution in [0.4, 0.5) is 5.69 Å². The zero-order valence-corrected chi connectivity index (χ0v) is 10.9. The van der Waals surface area contributed by atoms with E-state index in [4.69, 9.17) is 16.2 Å². The molecular weight excluding hydrogens is 256 g/mol. The molecule has 0 saturated heterocycles. The summed E-state index contributed by atoms with van der Waals surface area (Å²) in [6.07, 6.45) is 0. The van der Waals surface area contributed by atoms with Gasteiger partial charge in [0.2, 0.25) is 5.91 Å². The van der Waals surface area contributed by atoms with Gasteiger partial charge in [0.1, 0.15) is 11.5 Å². The molecule has 0 atom stereocenters. The number of ketones is 1. The second-order valence-corrected chi connectivity index (χ2v) is 4.30. The van der Waals surface area contributed by atoms with Gasteiger partial charge in [0.15, 0.2) is 5.78 Å². The first-order valence-corrected chi connectivity index (χ1v) is 5.95. The molecule has 0 unspecified atom stereocenters. The minimum absolute atomic E-state index is 0.128. The Labute approximate surface area is 116 Å². The molecule has 1 amide bonds. The molecule has 2 rings (SSSR count). The molecule has 0 heterocycles. The highest BCUT2D eigenvalue weighted by Gasteiger charge is 2.07. The average molecular weight is 270 g/mol. The van der Waals surface area contributed by atoms with Gasteiger partial charge in [-0.25, -0.2) is 0 Å². The van der Waals surface area contributed by atoms with Crippen LogP contribution >= 0.6 is 0 Å². The zero-order valence-electron chi connectivity index (χ0n) is 10.9. The van der Waals surface area contributed by atoms with E-state index in [0.717, 1.165) is 0 Å². The molecule has 0 aromatic heterocycles. The number of anilines is 1. The number of ether oxygens (including phenoxy) is 1. The van der Waals surface area contributed by atoms with Crippen LogP contribution in [0, 0.1) is 0 Å². The zero-order chi connectivity index (χ0) is 14.7. The lowest BCUT2D eigenvalue weighted by molar-refractivity contribution is 0.0996. The lowest BCUT2D eigenvalue weighted by atomic mass is 10.1. The molecular formula is C15H14N2O3. The molecule has 0 aliphatic carbocycles. The number of amides is 1. The van der Waals surface area contributed by atoms with Crippen molar-refractivity contribution in [1.29, 1.82) is 0 Å². The summed E-state index contributed by atoms with van der Waals surface area (Å²) in [6.45, 7) is 1.44. The fourth-order valence-corrected chi connectivity index (χ4v) is 1.73. The number of Topliss-reactive ketones (excluding diaryl/α,β-unsaturated/α-hetero) is 1. The second-order valence-electron chi connectivity index (χ2n) is 4.30. The second kappa shape index (κ2) is 5.44. The van der Waals surface area contributed by atoms with E-state index >= 15 is 0 Å². The molecule has 0 fully saturated rings. The molecule has 4 N–H and O–H groups in total. The predicted molar refractivity (Wildman–Crippen MR) is 75.9 cm³/mol. The standard InChI is InChI=1S/C15H14N2O3/c1-9(18)13-8-12(6-7-14(13)16)20-11-4-2-10(3-5-11)15(17)19/h2-8H,16H2,1H3,(H2,17,19). The van der Waals surface area contributed by atoms with E-state index in [0.29, 0.717) is 28.3 Å². The van der Waals surface area contributed by atoms with E-state index in [9.17, 15) is 9.59 Å². The first-order valence-electron chi connectivity index (χ1n) is 5.95. The monoisotopic (exact) mass is 270 g/mol. The minimum Gasteiger partial charge on any atom is -0.457 e. The van der Waals surface area contributed by atoms with Gasteiger partial charge in [-0.2, -0.15) is 0 Å². The Morgan fingerprint density at radius 3 is 2.15 bits per heavy atom. The van der Waals surface area contributed by atoms with Gasteiger partial charge < -0.3 is 16.2 Å². The molecule has 5 nitrogen and oxygen atoms in total. The molecule has 5 heteroatoms. The van der Waals surface area contributed by atoms with Gasteiger partial charge in [0.05, 0.1) is 0 Å². The maximum absolute atomic E-state index is 11.4. The van der Waals surface area contributed by atoms with Crippen molar-refractivity contribution in [3.05, 3.63) is 53.6 Å². The summed E-state index contributed by atoms with van der Waals surface area (Å²) in [7, 11) is 0. The first-order chi connectivity index (χ1) is 9.47. The van der Waals surface area contributed by atoms with Gasteiger partial charge in [0.25, 0.3) is 0 Å². The quantitative estimate of drug-likeness (QED) is 0.658. The SMILES string of the molecule is CC(=O)c1cc(Oc2ccc(C(N)=O)cc2)ccc1N. The van der Waals surface area contributed by atoms with Crippen molar-refractivity contribution in [2.45, 2.75) is 6.92 Å². The first kappa shape index (κ1) is 13.6. The van der Waals surface area contributed by atoms with Crippen LogP contribution in [0.2, 0.25) is 0 Å². The Morgan fingerprint density at radius 2 is 1.60 bits per heavy atom. The summed E-state index contributed by atoms with van der Waals surface area (Å²) in [5.74, 6) is 0.408. The molecule has 20 heavy (non-hydrogen) atoms. The maximum Gasteiger partial charge on any atom is 0.248 e. The predicted octanol–water partition coefficient (Wildman–Crippen LogP) is 2.36. The van der Waals surface area contributed by atoms with Crippen LogP contribution < -0.4 is 16.2 Å². The highest BCUT2D eigenvalue weighted by molar-refractivity contribution is 5.99. The van der Waals surface area contributed by atoms with E-state index in [1.165, 1.54) is 6.92 Å². The summed E-state index contributed by atoms with van der Waals surface area (Å²) < 4.78 is 5.60. The number of nitrogen functional groups attached to an aromatic ring is 1. The Bertz CT molecular complexity index is 663. The molecule has 0 saturated carbocycles. The van der Waals surface area contributed by atoms with Gasteiger partial charge in [-0.05, 0) is 49.4 Å². The number of nitrogens with two attached hydrogens (primary N) is 2. The number of benzene rings is 2. The van der Waals surface area contributed by atoms with Crippen molar-refractivity contribution in [2.75, 3.05) is 5.73 Å². The molecule has 102 valence electrons. The number of carbonyl (C=O) groups excluding carboxylic acids is 2. The van der Waals surface area contributed by atoms with Crippen LogP contribution in [0.15, 0.2) is 42.5 Å². The van der Waals surface area contributed by atoms with Crippen LogP contribution in [0.1, 0.15) is 27.6 Å². The highest BCUT2D eigenvalue weighted by atomic mass is 16.5. The van der Waals surface area contributed by atoms with Gasteiger partial charge in [-0.1, -0.05) is 0 Å². The van der Waals surface area contributed by atoms with E-state index in [2.05, 4.69) is 0 Å². The van der Waals surface area contributed by atoms with E-state index in [1.54, 1.807) is 42.5 Å². The Morgan fingerprint density at radius 1 is 1.00 bits per heavy atom. The van der Waals surface area contributed by atoms with Crippen LogP contribution in [0.5, 0.6) is 11.5 Å². The van der Waals surface area contributed by atoms with Crippen molar-refractivity contribution in [1.82, 2.24) is 0 Å². The summed E-state index contributed by atoms with van der Waals surface area (Å²) >= 11 is 0. The van der Waals surface area contributed by atoms with E-state index in [-0.39, 0.29) is 5.78 Å². The topological polar surface area (TPSA) is 95.4 Å². The van der Waals surface area contributed by atoms with E-state index < -0.39 is 5.91 Å². The van der Waals surface area contributed by atoms with Gasteiger partial charge in [-0.3, -0.25) is 9.59 Å². The summed E-state index contributed by atoms with van der Waals surface area (Å²) in [4.78, 5) is 22.4. The minimum atomic E-state index is -0.497. The molecule has 0 aliphatic rings. The highest BCUT2D eigenvalue weighted by Crippen LogP contribution is 2.25. The maximum atomic E-state index is 11.4. The Balaban J connectivity index is 2.23. The van der Waals surface area contributed by atoms with E-state index in [1.807, 2.05) is 0 Å². The van der Waals surface area contributed by atoms with Crippen molar-refractivity contribution in [3.63, 3.8) is 0 Å². The van der Waals surface area contributed by atoms with Crippen LogP contribution in [0.25, 0.3) is 0 Å². The number of primary amides is 1. The number of hydrogen-bond donors (Lipinski definition) is 2. The lowest BCUT2D eigenvalue weighted by Crippen LogP contribution is -2.10. The number of hydrogen-bond acceptors (Lipinski definition) is 4. The van der Waals surface area contributed by atoms with Crippen molar-refractivity contribution in [2.24, 2.45) is 5.73 Å². The molecule has 0 radical (unpaired) electrons. The number of carbonyl (C=O) groups is 2. The third-order valence-electron chi connectivity index (χ3n) is 2.78. The molecule has 0 spiro atoms. The third kappa shape index (κ3) is 2.95. The van der Waals surface area contributed by atoms with Gasteiger partial charge in [-0.15, -0.1) is 0 Å². The fourth-order valence-electron chi connectivity index (χ4n) is 1.73. The molecule has 2 aromatic carbocycles. The Hall–Kier alpha value is -2.82. The average Bonchev–Trinajstić information content (AvgIpc) is 2.41. The molecule has 2 aromatic rings. The van der Waals surface area contributed by atoms with Crippen LogP contribution in [-0.2, 0) is 0 Å². The molecule has 0 aliphatic heterocycles. The summed E-state index contributed by atoms with van der Waals surface area (Å²) in [6, 6.07) is 11.3. The third-order valence-corrected chi connectivity index (χ3v) is 2.78. The fraction of sp³-hybridized carbons (Fsp3) is 0.0667. The number of rotatable bonds is 4. The van der Waals surface area contributed by atoms with Gasteiger partial charge >= 0.3 is 0 Å². The smallest absolute Gasteiger partial charge is 0.248 e. The normalized spacial score (nSPS) is 10.1. The molecule has 0 bridgehead atoms. The lowest BCUT2D eigenvalue weighted by Gasteiger charge is -2.08. The van der Waals surface area contributed by atoms with Gasteiger partial charge in [0, 0.05) is 16.8 Å². The van der Waals surface area contributed by atoms with Crippen molar-refractivity contribution >= 4 is 17.4 Å². The van der Waals surface area contributed by atoms with Crippen molar-refractivity contribution < 1.29 is 14.3 Å². The Kier molecular flexibility index (Phi) is 3.70. The van der Waals surface area contributed by atoms with Crippen molar-refractivity contribution in [3.8, 4) is 11.5 Å². The van der Waals surface area contributed by atoms with Crippen LogP contribution in [0.3, 0.4) is 0 Å².